The molecule has 0 aromatic heterocycles. The topological polar surface area (TPSA) is 71.1 Å². The third-order valence-corrected chi connectivity index (χ3v) is 7.09. The van der Waals surface area contributed by atoms with Gasteiger partial charge in [0, 0.05) is 31.2 Å². The molecule has 2 amide bonds. The van der Waals surface area contributed by atoms with E-state index in [1.54, 1.807) is 7.11 Å². The van der Waals surface area contributed by atoms with Crippen molar-refractivity contribution in [2.24, 2.45) is 0 Å². The standard InChI is InChI=1S/C27H33N3O4/c1-33-21-7-4-6-19(18-21)25-24(26(31)28-12-5-13-29-14-16-34-17-15-29)22-8-2-3-9-23(22)27(32)30(25)20-10-11-20/h2-4,6-9,18,20,24-25H,5,10-17H2,1H3,(H,28,31)/t24-,25+/m0/s1. The number of methoxy groups -OCH3 is 1. The molecular formula is C27H33N3O4. The molecule has 0 radical (unpaired) electrons. The van der Waals surface area contributed by atoms with Gasteiger partial charge < -0.3 is 19.7 Å². The van der Waals surface area contributed by atoms with E-state index >= 15 is 0 Å². The van der Waals surface area contributed by atoms with E-state index < -0.39 is 5.92 Å². The van der Waals surface area contributed by atoms with Gasteiger partial charge in [-0.05, 0) is 55.1 Å². The summed E-state index contributed by atoms with van der Waals surface area (Å²) in [6.45, 7) is 4.99. The van der Waals surface area contributed by atoms with Crippen LogP contribution in [0.3, 0.4) is 0 Å². The molecule has 0 unspecified atom stereocenters. The minimum atomic E-state index is -0.468. The molecule has 2 aromatic rings. The van der Waals surface area contributed by atoms with Crippen LogP contribution in [0.15, 0.2) is 48.5 Å². The van der Waals surface area contributed by atoms with Crippen molar-refractivity contribution in [3.8, 4) is 5.75 Å². The predicted octanol–water partition coefficient (Wildman–Crippen LogP) is 2.98. The Morgan fingerprint density at radius 3 is 2.68 bits per heavy atom. The van der Waals surface area contributed by atoms with Crippen molar-refractivity contribution >= 4 is 11.8 Å². The van der Waals surface area contributed by atoms with E-state index in [1.165, 1.54) is 0 Å². The van der Waals surface area contributed by atoms with Crippen LogP contribution in [0, 0.1) is 0 Å². The lowest BCUT2D eigenvalue weighted by atomic mass is 9.79. The summed E-state index contributed by atoms with van der Waals surface area (Å²) in [6.07, 6.45) is 2.83. The fourth-order valence-corrected chi connectivity index (χ4v) is 5.22. The van der Waals surface area contributed by atoms with Crippen LogP contribution in [0.1, 0.15) is 52.7 Å². The van der Waals surface area contributed by atoms with Gasteiger partial charge in [0.2, 0.25) is 5.91 Å². The highest BCUT2D eigenvalue weighted by molar-refractivity contribution is 6.01. The average molecular weight is 464 g/mol. The maximum Gasteiger partial charge on any atom is 0.254 e. The first-order valence-corrected chi connectivity index (χ1v) is 12.3. The highest BCUT2D eigenvalue weighted by Crippen LogP contribution is 2.48. The van der Waals surface area contributed by atoms with Gasteiger partial charge >= 0.3 is 0 Å². The van der Waals surface area contributed by atoms with Crippen LogP contribution in [-0.4, -0.2) is 74.2 Å². The van der Waals surface area contributed by atoms with Gasteiger partial charge in [-0.2, -0.15) is 0 Å². The van der Waals surface area contributed by atoms with Gasteiger partial charge in [-0.15, -0.1) is 0 Å². The Kier molecular flexibility index (Phi) is 6.83. The Hall–Kier alpha value is -2.90. The largest absolute Gasteiger partial charge is 0.497 e. The lowest BCUT2D eigenvalue weighted by Gasteiger charge is -2.42. The van der Waals surface area contributed by atoms with Crippen molar-refractivity contribution in [1.29, 1.82) is 0 Å². The third kappa shape index (κ3) is 4.68. The number of nitrogens with one attached hydrogen (secondary N) is 1. The molecule has 7 heteroatoms. The van der Waals surface area contributed by atoms with Gasteiger partial charge in [0.25, 0.3) is 5.91 Å². The summed E-state index contributed by atoms with van der Waals surface area (Å²) >= 11 is 0. The fraction of sp³-hybridized carbons (Fsp3) is 0.481. The van der Waals surface area contributed by atoms with Crippen LogP contribution in [0.25, 0.3) is 0 Å². The number of nitrogens with zero attached hydrogens (tertiary/aromatic N) is 2. The first kappa shape index (κ1) is 22.9. The third-order valence-electron chi connectivity index (χ3n) is 7.09. The Bertz CT molecular complexity index is 1030. The molecule has 2 heterocycles. The maximum atomic E-state index is 13.7. The van der Waals surface area contributed by atoms with E-state index in [-0.39, 0.29) is 23.9 Å². The molecule has 0 spiro atoms. The van der Waals surface area contributed by atoms with E-state index in [9.17, 15) is 9.59 Å². The zero-order valence-corrected chi connectivity index (χ0v) is 19.7. The molecule has 1 saturated carbocycles. The summed E-state index contributed by atoms with van der Waals surface area (Å²) < 4.78 is 10.9. The molecule has 2 atom stereocenters. The molecule has 1 saturated heterocycles. The zero-order chi connectivity index (χ0) is 23.5. The molecular weight excluding hydrogens is 430 g/mol. The molecule has 1 N–H and O–H groups in total. The first-order chi connectivity index (χ1) is 16.7. The van der Waals surface area contributed by atoms with Crippen molar-refractivity contribution in [1.82, 2.24) is 15.1 Å². The van der Waals surface area contributed by atoms with Gasteiger partial charge in [-0.1, -0.05) is 30.3 Å². The van der Waals surface area contributed by atoms with Crippen molar-refractivity contribution in [2.75, 3.05) is 46.5 Å². The molecule has 3 aliphatic rings. The van der Waals surface area contributed by atoms with Crippen LogP contribution in [0.4, 0.5) is 0 Å². The van der Waals surface area contributed by atoms with E-state index in [1.807, 2.05) is 53.4 Å². The molecule has 34 heavy (non-hydrogen) atoms. The van der Waals surface area contributed by atoms with Gasteiger partial charge in [0.15, 0.2) is 0 Å². The van der Waals surface area contributed by atoms with Crippen molar-refractivity contribution in [3.63, 3.8) is 0 Å². The molecule has 0 bridgehead atoms. The minimum Gasteiger partial charge on any atom is -0.497 e. The van der Waals surface area contributed by atoms with Crippen molar-refractivity contribution in [3.05, 3.63) is 65.2 Å². The quantitative estimate of drug-likeness (QED) is 0.610. The Labute approximate surface area is 201 Å². The Morgan fingerprint density at radius 2 is 1.91 bits per heavy atom. The van der Waals surface area contributed by atoms with Crippen LogP contribution in [0.2, 0.25) is 0 Å². The van der Waals surface area contributed by atoms with Crippen LogP contribution >= 0.6 is 0 Å². The van der Waals surface area contributed by atoms with Crippen LogP contribution < -0.4 is 10.1 Å². The number of carbonyl (C=O) groups excluding carboxylic acids is 2. The summed E-state index contributed by atoms with van der Waals surface area (Å²) in [6, 6.07) is 15.2. The molecule has 1 aliphatic carbocycles. The SMILES string of the molecule is COc1cccc([C@@H]2[C@@H](C(=O)NCCCN3CCOCC3)c3ccccc3C(=O)N2C2CC2)c1. The number of hydrogen-bond acceptors (Lipinski definition) is 5. The number of ether oxygens (including phenoxy) is 2. The van der Waals surface area contributed by atoms with Crippen molar-refractivity contribution in [2.45, 2.75) is 37.3 Å². The predicted molar refractivity (Wildman–Crippen MR) is 129 cm³/mol. The summed E-state index contributed by atoms with van der Waals surface area (Å²) in [4.78, 5) is 31.6. The zero-order valence-electron chi connectivity index (χ0n) is 19.7. The van der Waals surface area contributed by atoms with Gasteiger partial charge in [0.1, 0.15) is 5.75 Å². The van der Waals surface area contributed by atoms with Crippen LogP contribution in [-0.2, 0) is 9.53 Å². The minimum absolute atomic E-state index is 0.0160. The lowest BCUT2D eigenvalue weighted by molar-refractivity contribution is -0.124. The highest BCUT2D eigenvalue weighted by Gasteiger charge is 2.49. The molecule has 2 aromatic carbocycles. The summed E-state index contributed by atoms with van der Waals surface area (Å²) in [5.74, 6) is 0.247. The Morgan fingerprint density at radius 1 is 1.12 bits per heavy atom. The molecule has 2 aliphatic heterocycles. The number of morpholine rings is 1. The van der Waals surface area contributed by atoms with Crippen LogP contribution in [0.5, 0.6) is 5.75 Å². The van der Waals surface area contributed by atoms with E-state index in [0.29, 0.717) is 12.1 Å². The normalized spacial score (nSPS) is 22.9. The monoisotopic (exact) mass is 463 g/mol. The number of benzene rings is 2. The smallest absolute Gasteiger partial charge is 0.254 e. The fourth-order valence-electron chi connectivity index (χ4n) is 5.22. The summed E-state index contributed by atoms with van der Waals surface area (Å²) in [5, 5.41) is 3.19. The lowest BCUT2D eigenvalue weighted by Crippen LogP contribution is -2.48. The molecule has 2 fully saturated rings. The molecule has 5 rings (SSSR count). The number of carbonyl (C=O) groups is 2. The second-order valence-corrected chi connectivity index (χ2v) is 9.33. The number of rotatable bonds is 8. The number of amides is 2. The van der Waals surface area contributed by atoms with Gasteiger partial charge in [-0.25, -0.2) is 0 Å². The average Bonchev–Trinajstić information content (AvgIpc) is 3.72. The number of fused-ring (bicyclic) bond motifs is 1. The molecule has 7 nitrogen and oxygen atoms in total. The second kappa shape index (κ2) is 10.2. The number of hydrogen-bond donors (Lipinski definition) is 1. The Balaban J connectivity index is 1.42. The van der Waals surface area contributed by atoms with E-state index in [2.05, 4.69) is 10.2 Å². The van der Waals surface area contributed by atoms with E-state index in [0.717, 1.165) is 69.0 Å². The summed E-state index contributed by atoms with van der Waals surface area (Å²) in [5.41, 5.74) is 2.38. The summed E-state index contributed by atoms with van der Waals surface area (Å²) in [7, 11) is 1.64. The first-order valence-electron chi connectivity index (χ1n) is 12.3. The molecule has 180 valence electrons. The highest BCUT2D eigenvalue weighted by atomic mass is 16.5. The van der Waals surface area contributed by atoms with Gasteiger partial charge in [0.05, 0.1) is 32.3 Å². The van der Waals surface area contributed by atoms with E-state index in [4.69, 9.17) is 9.47 Å². The maximum absolute atomic E-state index is 13.7. The second-order valence-electron chi connectivity index (χ2n) is 9.33. The van der Waals surface area contributed by atoms with Crippen molar-refractivity contribution < 1.29 is 19.1 Å². The van der Waals surface area contributed by atoms with Gasteiger partial charge in [-0.3, -0.25) is 14.5 Å².